The third-order valence-corrected chi connectivity index (χ3v) is 5.09. The van der Waals surface area contributed by atoms with E-state index in [0.717, 1.165) is 26.9 Å². The van der Waals surface area contributed by atoms with Crippen molar-refractivity contribution in [3.8, 4) is 11.1 Å². The number of nitrogens with one attached hydrogen (secondary N) is 1. The highest BCUT2D eigenvalue weighted by Crippen LogP contribution is 2.32. The fourth-order valence-corrected chi connectivity index (χ4v) is 3.33. The van der Waals surface area contributed by atoms with Gasteiger partial charge in [0.2, 0.25) is 5.91 Å². The van der Waals surface area contributed by atoms with Crippen LogP contribution in [-0.2, 0) is 11.8 Å². The van der Waals surface area contributed by atoms with Gasteiger partial charge in [0.25, 0.3) is 0 Å². The van der Waals surface area contributed by atoms with Crippen LogP contribution in [0, 0.1) is 13.8 Å². The number of aromatic nitrogens is 2. The molecule has 144 valence electrons. The first-order valence-corrected chi connectivity index (χ1v) is 9.83. The average molecular weight is 440 g/mol. The van der Waals surface area contributed by atoms with Crippen molar-refractivity contribution in [2.45, 2.75) is 26.7 Å². The number of amides is 1. The Balaban J connectivity index is 1.71. The Bertz CT molecular complexity index is 1010. The van der Waals surface area contributed by atoms with Crippen LogP contribution in [0.4, 0.5) is 5.82 Å². The number of carbonyl (C=O) groups excluding carboxylic acids is 2. The van der Waals surface area contributed by atoms with Crippen LogP contribution in [0.3, 0.4) is 0 Å². The first-order chi connectivity index (χ1) is 13.3. The van der Waals surface area contributed by atoms with Gasteiger partial charge in [-0.1, -0.05) is 57.9 Å². The highest BCUT2D eigenvalue weighted by atomic mass is 79.9. The first kappa shape index (κ1) is 20.0. The lowest BCUT2D eigenvalue weighted by atomic mass is 10.0. The molecule has 0 fully saturated rings. The second kappa shape index (κ2) is 8.52. The monoisotopic (exact) mass is 439 g/mol. The van der Waals surface area contributed by atoms with Gasteiger partial charge < -0.3 is 5.32 Å². The van der Waals surface area contributed by atoms with E-state index in [9.17, 15) is 9.59 Å². The molecular formula is C22H22BrN3O2. The second-order valence-electron chi connectivity index (χ2n) is 6.78. The predicted octanol–water partition coefficient (Wildman–Crippen LogP) is 5.07. The lowest BCUT2D eigenvalue weighted by Crippen LogP contribution is -2.16. The molecule has 1 heterocycles. The van der Waals surface area contributed by atoms with Gasteiger partial charge in [0, 0.05) is 35.5 Å². The molecule has 1 amide bonds. The zero-order valence-corrected chi connectivity index (χ0v) is 17.7. The van der Waals surface area contributed by atoms with Gasteiger partial charge in [-0.05, 0) is 31.5 Å². The molecule has 1 aromatic heterocycles. The topological polar surface area (TPSA) is 64.0 Å². The molecule has 3 rings (SSSR count). The van der Waals surface area contributed by atoms with Crippen molar-refractivity contribution < 1.29 is 9.59 Å². The molecule has 0 saturated heterocycles. The van der Waals surface area contributed by atoms with Crippen molar-refractivity contribution in [2.24, 2.45) is 7.05 Å². The van der Waals surface area contributed by atoms with E-state index in [1.54, 1.807) is 23.9 Å². The largest absolute Gasteiger partial charge is 0.310 e. The molecule has 0 aliphatic carbocycles. The van der Waals surface area contributed by atoms with Crippen molar-refractivity contribution >= 4 is 33.4 Å². The van der Waals surface area contributed by atoms with Gasteiger partial charge in [-0.25, -0.2) is 0 Å². The summed E-state index contributed by atoms with van der Waals surface area (Å²) in [6.07, 6.45) is 0.288. The number of hydrogen-bond donors (Lipinski definition) is 1. The summed E-state index contributed by atoms with van der Waals surface area (Å²) < 4.78 is 2.64. The minimum atomic E-state index is -0.207. The Kier molecular flexibility index (Phi) is 6.09. The number of benzene rings is 2. The summed E-state index contributed by atoms with van der Waals surface area (Å²) in [4.78, 5) is 24.8. The molecular weight excluding hydrogens is 418 g/mol. The maximum Gasteiger partial charge on any atom is 0.225 e. The van der Waals surface area contributed by atoms with Gasteiger partial charge in [0.05, 0.1) is 5.69 Å². The Morgan fingerprint density at radius 1 is 1.00 bits per heavy atom. The molecule has 0 saturated carbocycles. The van der Waals surface area contributed by atoms with Crippen molar-refractivity contribution in [2.75, 3.05) is 5.32 Å². The van der Waals surface area contributed by atoms with Crippen LogP contribution in [0.1, 0.15) is 34.5 Å². The van der Waals surface area contributed by atoms with E-state index in [0.29, 0.717) is 11.4 Å². The summed E-state index contributed by atoms with van der Waals surface area (Å²) in [6.45, 7) is 3.88. The minimum Gasteiger partial charge on any atom is -0.310 e. The van der Waals surface area contributed by atoms with Gasteiger partial charge in [0.1, 0.15) is 5.82 Å². The highest BCUT2D eigenvalue weighted by molar-refractivity contribution is 9.10. The Hall–Kier alpha value is -2.73. The van der Waals surface area contributed by atoms with Crippen LogP contribution in [0.2, 0.25) is 0 Å². The van der Waals surface area contributed by atoms with E-state index in [4.69, 9.17) is 0 Å². The maximum absolute atomic E-state index is 12.5. The molecule has 6 heteroatoms. The van der Waals surface area contributed by atoms with Gasteiger partial charge in [-0.2, -0.15) is 5.10 Å². The molecule has 28 heavy (non-hydrogen) atoms. The van der Waals surface area contributed by atoms with E-state index in [-0.39, 0.29) is 24.5 Å². The number of anilines is 1. The summed E-state index contributed by atoms with van der Waals surface area (Å²) in [5, 5.41) is 7.36. The SMILES string of the molecule is Cc1ccc(C(=O)CCC(=O)Nc2c(-c3ccc(Br)cc3)c(C)nn2C)cc1. The molecule has 0 atom stereocenters. The number of rotatable bonds is 6. The standard InChI is InChI=1S/C22H22BrN3O2/c1-14-4-6-16(7-5-14)19(27)12-13-20(28)24-22-21(15(2)25-26(22)3)17-8-10-18(23)11-9-17/h4-11H,12-13H2,1-3H3,(H,24,28). The minimum absolute atomic E-state index is 0.0375. The number of halogens is 1. The molecule has 0 aliphatic heterocycles. The van der Waals surface area contributed by atoms with Crippen LogP contribution >= 0.6 is 15.9 Å². The summed E-state index contributed by atoms with van der Waals surface area (Å²) in [6, 6.07) is 15.3. The molecule has 5 nitrogen and oxygen atoms in total. The van der Waals surface area contributed by atoms with E-state index >= 15 is 0 Å². The van der Waals surface area contributed by atoms with Crippen molar-refractivity contribution in [1.82, 2.24) is 9.78 Å². The van der Waals surface area contributed by atoms with E-state index in [2.05, 4.69) is 26.3 Å². The van der Waals surface area contributed by atoms with E-state index in [1.165, 1.54) is 0 Å². The fraction of sp³-hybridized carbons (Fsp3) is 0.227. The van der Waals surface area contributed by atoms with Gasteiger partial charge in [-0.3, -0.25) is 14.3 Å². The van der Waals surface area contributed by atoms with Crippen LogP contribution < -0.4 is 5.32 Å². The first-order valence-electron chi connectivity index (χ1n) is 9.04. The van der Waals surface area contributed by atoms with Gasteiger partial charge in [0.15, 0.2) is 5.78 Å². The number of nitrogens with zero attached hydrogens (tertiary/aromatic N) is 2. The quantitative estimate of drug-likeness (QED) is 0.545. The Labute approximate surface area is 172 Å². The molecule has 0 radical (unpaired) electrons. The molecule has 0 unspecified atom stereocenters. The molecule has 0 aliphatic rings. The third kappa shape index (κ3) is 4.57. The molecule has 0 bridgehead atoms. The lowest BCUT2D eigenvalue weighted by molar-refractivity contribution is -0.116. The number of carbonyl (C=O) groups is 2. The van der Waals surface area contributed by atoms with E-state index in [1.807, 2.05) is 50.2 Å². The molecule has 2 aromatic carbocycles. The maximum atomic E-state index is 12.5. The predicted molar refractivity (Wildman–Crippen MR) is 114 cm³/mol. The molecule has 1 N–H and O–H groups in total. The van der Waals surface area contributed by atoms with Crippen molar-refractivity contribution in [3.63, 3.8) is 0 Å². The lowest BCUT2D eigenvalue weighted by Gasteiger charge is -2.09. The zero-order valence-electron chi connectivity index (χ0n) is 16.1. The van der Waals surface area contributed by atoms with Gasteiger partial charge in [-0.15, -0.1) is 0 Å². The summed E-state index contributed by atoms with van der Waals surface area (Å²) in [5.41, 5.74) is 4.41. The number of aryl methyl sites for hydroxylation is 3. The van der Waals surface area contributed by atoms with Crippen molar-refractivity contribution in [1.29, 1.82) is 0 Å². The Morgan fingerprint density at radius 2 is 1.64 bits per heavy atom. The normalized spacial score (nSPS) is 10.7. The zero-order chi connectivity index (χ0) is 20.3. The molecule has 0 spiro atoms. The molecule has 3 aromatic rings. The number of hydrogen-bond acceptors (Lipinski definition) is 3. The van der Waals surface area contributed by atoms with Crippen LogP contribution in [0.15, 0.2) is 53.0 Å². The van der Waals surface area contributed by atoms with Crippen molar-refractivity contribution in [3.05, 3.63) is 69.8 Å². The third-order valence-electron chi connectivity index (χ3n) is 4.57. The smallest absolute Gasteiger partial charge is 0.225 e. The van der Waals surface area contributed by atoms with Gasteiger partial charge >= 0.3 is 0 Å². The highest BCUT2D eigenvalue weighted by Gasteiger charge is 2.18. The van der Waals surface area contributed by atoms with Crippen LogP contribution in [0.5, 0.6) is 0 Å². The number of Topliss-reactive ketones (excluding diaryl/α,β-unsaturated/α-hetero) is 1. The van der Waals surface area contributed by atoms with E-state index < -0.39 is 0 Å². The van der Waals surface area contributed by atoms with Crippen LogP contribution in [0.25, 0.3) is 11.1 Å². The second-order valence-corrected chi connectivity index (χ2v) is 7.69. The summed E-state index contributed by atoms with van der Waals surface area (Å²) in [5.74, 6) is 0.388. The van der Waals surface area contributed by atoms with Crippen LogP contribution in [-0.4, -0.2) is 21.5 Å². The summed E-state index contributed by atoms with van der Waals surface area (Å²) >= 11 is 3.44. The summed E-state index contributed by atoms with van der Waals surface area (Å²) in [7, 11) is 1.79. The number of ketones is 1. The fourth-order valence-electron chi connectivity index (χ4n) is 3.07. The average Bonchev–Trinajstić information content (AvgIpc) is 2.94. The Morgan fingerprint density at radius 3 is 2.29 bits per heavy atom.